The molecule has 0 radical (unpaired) electrons. The molecule has 1 amide bonds. The first-order chi connectivity index (χ1) is 12.5. The second-order valence-electron chi connectivity index (χ2n) is 6.17. The van der Waals surface area contributed by atoms with Gasteiger partial charge in [-0.15, -0.1) is 10.2 Å². The van der Waals surface area contributed by atoms with Gasteiger partial charge in [-0.05, 0) is 49.2 Å². The fraction of sp³-hybridized carbons (Fsp3) is 0.250. The van der Waals surface area contributed by atoms with E-state index in [4.69, 9.17) is 9.15 Å². The molecule has 0 fully saturated rings. The molecule has 0 unspecified atom stereocenters. The predicted octanol–water partition coefficient (Wildman–Crippen LogP) is 3.76. The highest BCUT2D eigenvalue weighted by atomic mass is 16.5. The Morgan fingerprint density at radius 2 is 1.88 bits per heavy atom. The lowest BCUT2D eigenvalue weighted by Crippen LogP contribution is -2.22. The molecule has 1 heterocycles. The summed E-state index contributed by atoms with van der Waals surface area (Å²) in [6, 6.07) is 15.3. The van der Waals surface area contributed by atoms with Crippen LogP contribution >= 0.6 is 0 Å². The van der Waals surface area contributed by atoms with E-state index in [0.29, 0.717) is 17.3 Å². The van der Waals surface area contributed by atoms with E-state index in [9.17, 15) is 4.79 Å². The molecule has 0 spiro atoms. The van der Waals surface area contributed by atoms with E-state index in [0.717, 1.165) is 16.9 Å². The zero-order valence-corrected chi connectivity index (χ0v) is 15.0. The molecular weight excluding hydrogens is 330 g/mol. The fourth-order valence-corrected chi connectivity index (χ4v) is 2.50. The first-order valence-electron chi connectivity index (χ1n) is 8.45. The molecule has 1 N–H and O–H groups in total. The largest absolute Gasteiger partial charge is 0.491 e. The highest BCUT2D eigenvalue weighted by Gasteiger charge is 2.09. The minimum absolute atomic E-state index is 0.124. The molecule has 0 aliphatic heterocycles. The summed E-state index contributed by atoms with van der Waals surface area (Å²) in [6.45, 7) is 5.90. The van der Waals surface area contributed by atoms with Crippen molar-refractivity contribution in [3.63, 3.8) is 0 Å². The average Bonchev–Trinajstić information content (AvgIpc) is 3.05. The van der Waals surface area contributed by atoms with E-state index in [2.05, 4.69) is 15.5 Å². The van der Waals surface area contributed by atoms with Crippen molar-refractivity contribution in [1.29, 1.82) is 0 Å². The van der Waals surface area contributed by atoms with Gasteiger partial charge in [0.25, 0.3) is 5.91 Å². The number of carbonyl (C=O) groups excluding carboxylic acids is 1. The molecule has 3 rings (SSSR count). The number of benzene rings is 2. The standard InChI is InChI=1S/C20H21N3O3/c1-13(2)25-18-6-4-5-17(11-18)15-7-9-16(10-8-15)20(24)21-12-19-23-22-14(3)26-19/h4-11,13H,12H2,1-3H3,(H,21,24). The van der Waals surface area contributed by atoms with Crippen molar-refractivity contribution in [3.8, 4) is 16.9 Å². The second-order valence-corrected chi connectivity index (χ2v) is 6.17. The average molecular weight is 351 g/mol. The number of hydrogen-bond acceptors (Lipinski definition) is 5. The highest BCUT2D eigenvalue weighted by Crippen LogP contribution is 2.24. The van der Waals surface area contributed by atoms with Crippen LogP contribution in [0.5, 0.6) is 5.75 Å². The lowest BCUT2D eigenvalue weighted by atomic mass is 10.0. The number of aromatic nitrogens is 2. The van der Waals surface area contributed by atoms with Crippen LogP contribution in [0.25, 0.3) is 11.1 Å². The Bertz CT molecular complexity index is 885. The van der Waals surface area contributed by atoms with Crippen LogP contribution in [0.3, 0.4) is 0 Å². The van der Waals surface area contributed by atoms with Crippen LogP contribution in [0.4, 0.5) is 0 Å². The van der Waals surface area contributed by atoms with Gasteiger partial charge in [0, 0.05) is 12.5 Å². The third-order valence-electron chi connectivity index (χ3n) is 3.65. The number of nitrogens with one attached hydrogen (secondary N) is 1. The Hall–Kier alpha value is -3.15. The Morgan fingerprint density at radius 3 is 2.54 bits per heavy atom. The smallest absolute Gasteiger partial charge is 0.251 e. The summed E-state index contributed by atoms with van der Waals surface area (Å²) in [5.74, 6) is 1.50. The van der Waals surface area contributed by atoms with Crippen molar-refractivity contribution in [1.82, 2.24) is 15.5 Å². The summed E-state index contributed by atoms with van der Waals surface area (Å²) >= 11 is 0. The molecular formula is C20H21N3O3. The summed E-state index contributed by atoms with van der Waals surface area (Å²) in [7, 11) is 0. The van der Waals surface area contributed by atoms with Gasteiger partial charge in [-0.2, -0.15) is 0 Å². The predicted molar refractivity (Wildman–Crippen MR) is 97.8 cm³/mol. The molecule has 0 atom stereocenters. The Balaban J connectivity index is 1.67. The summed E-state index contributed by atoms with van der Waals surface area (Å²) in [5, 5.41) is 10.3. The highest BCUT2D eigenvalue weighted by molar-refractivity contribution is 5.94. The molecule has 6 nitrogen and oxygen atoms in total. The third-order valence-corrected chi connectivity index (χ3v) is 3.65. The Kier molecular flexibility index (Phi) is 5.31. The summed E-state index contributed by atoms with van der Waals surface area (Å²) in [4.78, 5) is 12.2. The SMILES string of the molecule is Cc1nnc(CNC(=O)c2ccc(-c3cccc(OC(C)C)c3)cc2)o1. The zero-order valence-electron chi connectivity index (χ0n) is 15.0. The second kappa shape index (κ2) is 7.82. The van der Waals surface area contributed by atoms with Gasteiger partial charge in [0.2, 0.25) is 11.8 Å². The third kappa shape index (κ3) is 4.47. The lowest BCUT2D eigenvalue weighted by Gasteiger charge is -2.11. The van der Waals surface area contributed by atoms with Crippen LogP contribution in [0.15, 0.2) is 52.9 Å². The maximum atomic E-state index is 12.2. The van der Waals surface area contributed by atoms with Gasteiger partial charge in [-0.25, -0.2) is 0 Å². The number of nitrogens with zero attached hydrogens (tertiary/aromatic N) is 2. The number of amides is 1. The van der Waals surface area contributed by atoms with Gasteiger partial charge in [-0.1, -0.05) is 24.3 Å². The number of carbonyl (C=O) groups is 1. The van der Waals surface area contributed by atoms with Crippen LogP contribution in [0.1, 0.15) is 36.0 Å². The van der Waals surface area contributed by atoms with Crippen molar-refractivity contribution in [2.45, 2.75) is 33.4 Å². The molecule has 0 bridgehead atoms. The maximum Gasteiger partial charge on any atom is 0.251 e. The molecule has 26 heavy (non-hydrogen) atoms. The van der Waals surface area contributed by atoms with Gasteiger partial charge in [-0.3, -0.25) is 4.79 Å². The van der Waals surface area contributed by atoms with Gasteiger partial charge in [0.15, 0.2) is 0 Å². The monoisotopic (exact) mass is 351 g/mol. The molecule has 134 valence electrons. The van der Waals surface area contributed by atoms with Crippen LogP contribution in [-0.2, 0) is 6.54 Å². The van der Waals surface area contributed by atoms with E-state index < -0.39 is 0 Å². The first-order valence-corrected chi connectivity index (χ1v) is 8.45. The zero-order chi connectivity index (χ0) is 18.5. The molecule has 2 aromatic carbocycles. The molecule has 0 saturated carbocycles. The van der Waals surface area contributed by atoms with Crippen molar-refractivity contribution >= 4 is 5.91 Å². The van der Waals surface area contributed by atoms with Crippen LogP contribution in [0.2, 0.25) is 0 Å². The normalized spacial score (nSPS) is 10.8. The molecule has 1 aromatic heterocycles. The quantitative estimate of drug-likeness (QED) is 0.731. The van der Waals surface area contributed by atoms with E-state index in [-0.39, 0.29) is 18.6 Å². The van der Waals surface area contributed by atoms with Gasteiger partial charge >= 0.3 is 0 Å². The minimum Gasteiger partial charge on any atom is -0.491 e. The first kappa shape index (κ1) is 17.7. The number of aryl methyl sites for hydroxylation is 1. The van der Waals surface area contributed by atoms with Crippen molar-refractivity contribution in [3.05, 3.63) is 65.9 Å². The summed E-state index contributed by atoms with van der Waals surface area (Å²) in [6.07, 6.45) is 0.124. The summed E-state index contributed by atoms with van der Waals surface area (Å²) in [5.41, 5.74) is 2.62. The van der Waals surface area contributed by atoms with E-state index in [1.54, 1.807) is 19.1 Å². The minimum atomic E-state index is -0.190. The molecule has 0 aliphatic rings. The molecule has 0 aliphatic carbocycles. The lowest BCUT2D eigenvalue weighted by molar-refractivity contribution is 0.0947. The van der Waals surface area contributed by atoms with Crippen molar-refractivity contribution < 1.29 is 13.9 Å². The van der Waals surface area contributed by atoms with Crippen LogP contribution in [0, 0.1) is 6.92 Å². The topological polar surface area (TPSA) is 77.2 Å². The van der Waals surface area contributed by atoms with Crippen LogP contribution in [-0.4, -0.2) is 22.2 Å². The van der Waals surface area contributed by atoms with Crippen LogP contribution < -0.4 is 10.1 Å². The number of hydrogen-bond donors (Lipinski definition) is 1. The number of rotatable bonds is 6. The fourth-order valence-electron chi connectivity index (χ4n) is 2.50. The Morgan fingerprint density at radius 1 is 1.12 bits per heavy atom. The molecule has 6 heteroatoms. The van der Waals surface area contributed by atoms with Gasteiger partial charge in [0.1, 0.15) is 5.75 Å². The van der Waals surface area contributed by atoms with E-state index >= 15 is 0 Å². The molecule has 3 aromatic rings. The van der Waals surface area contributed by atoms with Gasteiger partial charge in [0.05, 0.1) is 12.6 Å². The Labute approximate surface area is 152 Å². The molecule has 0 saturated heterocycles. The van der Waals surface area contributed by atoms with E-state index in [1.807, 2.05) is 50.2 Å². The van der Waals surface area contributed by atoms with Gasteiger partial charge < -0.3 is 14.5 Å². The van der Waals surface area contributed by atoms with E-state index in [1.165, 1.54) is 0 Å². The maximum absolute atomic E-state index is 12.2. The summed E-state index contributed by atoms with van der Waals surface area (Å²) < 4.78 is 11.0. The number of ether oxygens (including phenoxy) is 1. The van der Waals surface area contributed by atoms with Crippen molar-refractivity contribution in [2.24, 2.45) is 0 Å². The van der Waals surface area contributed by atoms with Crippen molar-refractivity contribution in [2.75, 3.05) is 0 Å².